The van der Waals surface area contributed by atoms with Crippen LogP contribution in [0.15, 0.2) is 77.5 Å². The minimum atomic E-state index is -4.99. The van der Waals surface area contributed by atoms with Gasteiger partial charge in [-0.25, -0.2) is 9.07 Å². The molecule has 0 bridgehead atoms. The van der Waals surface area contributed by atoms with Gasteiger partial charge in [-0.1, -0.05) is 28.1 Å². The van der Waals surface area contributed by atoms with Gasteiger partial charge >= 0.3 is 6.18 Å². The second-order valence-electron chi connectivity index (χ2n) is 7.41. The Morgan fingerprint density at radius 2 is 1.72 bits per heavy atom. The van der Waals surface area contributed by atoms with Gasteiger partial charge in [-0.2, -0.15) is 18.3 Å². The molecule has 1 atom stereocenters. The summed E-state index contributed by atoms with van der Waals surface area (Å²) in [5.41, 5.74) is -2.33. The molecule has 2 aromatic heterocycles. The standard InChI is InChI=1S/C23H14BrF4N3O/c24-15-2-7-18-19(12-29-20(18)10-15)22(32,23(26,27)28)14-1-8-21-13(9-14)11-30-31(21)17-5-3-16(25)4-6-17/h1-12,29,32H. The van der Waals surface area contributed by atoms with Crippen molar-refractivity contribution in [3.63, 3.8) is 0 Å². The fraction of sp³-hybridized carbons (Fsp3) is 0.0870. The summed E-state index contributed by atoms with van der Waals surface area (Å²) in [5.74, 6) is -0.409. The zero-order valence-electron chi connectivity index (χ0n) is 16.2. The fourth-order valence-corrected chi connectivity index (χ4v) is 4.28. The van der Waals surface area contributed by atoms with Crippen LogP contribution in [-0.4, -0.2) is 26.0 Å². The van der Waals surface area contributed by atoms with E-state index in [-0.39, 0.29) is 16.5 Å². The Bertz CT molecular complexity index is 1460. The highest BCUT2D eigenvalue weighted by molar-refractivity contribution is 9.10. The number of fused-ring (bicyclic) bond motifs is 2. The van der Waals surface area contributed by atoms with Crippen LogP contribution < -0.4 is 0 Å². The summed E-state index contributed by atoms with van der Waals surface area (Å²) in [5, 5.41) is 16.0. The molecule has 3 aromatic carbocycles. The van der Waals surface area contributed by atoms with Crippen molar-refractivity contribution in [1.29, 1.82) is 0 Å². The number of hydrogen-bond acceptors (Lipinski definition) is 2. The molecule has 0 spiro atoms. The number of nitrogens with zero attached hydrogens (tertiary/aromatic N) is 2. The first-order valence-electron chi connectivity index (χ1n) is 9.49. The summed E-state index contributed by atoms with van der Waals surface area (Å²) < 4.78 is 58.4. The van der Waals surface area contributed by atoms with Gasteiger partial charge in [-0.05, 0) is 54.1 Å². The first-order chi connectivity index (χ1) is 15.2. The lowest BCUT2D eigenvalue weighted by Gasteiger charge is -2.31. The molecule has 0 saturated heterocycles. The van der Waals surface area contributed by atoms with Gasteiger partial charge in [0.1, 0.15) is 5.82 Å². The molecule has 0 fully saturated rings. The third kappa shape index (κ3) is 3.11. The van der Waals surface area contributed by atoms with Crippen LogP contribution in [-0.2, 0) is 5.60 Å². The molecule has 0 aliphatic heterocycles. The van der Waals surface area contributed by atoms with Crippen LogP contribution in [0.2, 0.25) is 0 Å². The molecule has 9 heteroatoms. The third-order valence-electron chi connectivity index (χ3n) is 5.50. The number of rotatable bonds is 3. The van der Waals surface area contributed by atoms with Crippen molar-refractivity contribution in [2.75, 3.05) is 0 Å². The fourth-order valence-electron chi connectivity index (χ4n) is 3.92. The molecule has 1 unspecified atom stereocenters. The number of aliphatic hydroxyl groups is 1. The number of benzene rings is 3. The number of nitrogens with one attached hydrogen (secondary N) is 1. The Kier molecular flexibility index (Phi) is 4.65. The minimum Gasteiger partial charge on any atom is -0.372 e. The average molecular weight is 504 g/mol. The Morgan fingerprint density at radius 3 is 2.44 bits per heavy atom. The molecule has 5 aromatic rings. The summed E-state index contributed by atoms with van der Waals surface area (Å²) in [6.45, 7) is 0. The number of hydrogen-bond donors (Lipinski definition) is 2. The van der Waals surface area contributed by atoms with Gasteiger partial charge in [0.2, 0.25) is 5.60 Å². The van der Waals surface area contributed by atoms with E-state index in [2.05, 4.69) is 26.0 Å². The number of alkyl halides is 3. The lowest BCUT2D eigenvalue weighted by molar-refractivity contribution is -0.247. The van der Waals surface area contributed by atoms with Crippen LogP contribution in [0.3, 0.4) is 0 Å². The van der Waals surface area contributed by atoms with Crippen LogP contribution >= 0.6 is 15.9 Å². The molecule has 2 N–H and O–H groups in total. The molecule has 162 valence electrons. The molecular formula is C23H14BrF4N3O. The average Bonchev–Trinajstić information content (AvgIpc) is 3.36. The van der Waals surface area contributed by atoms with E-state index in [4.69, 9.17) is 0 Å². The zero-order valence-corrected chi connectivity index (χ0v) is 17.7. The first-order valence-corrected chi connectivity index (χ1v) is 10.3. The maximum atomic E-state index is 14.3. The van der Waals surface area contributed by atoms with Crippen LogP contribution in [0.1, 0.15) is 11.1 Å². The molecule has 2 heterocycles. The smallest absolute Gasteiger partial charge is 0.372 e. The van der Waals surface area contributed by atoms with Gasteiger partial charge in [-0.15, -0.1) is 0 Å². The summed E-state index contributed by atoms with van der Waals surface area (Å²) in [4.78, 5) is 2.81. The van der Waals surface area contributed by atoms with E-state index in [1.54, 1.807) is 12.1 Å². The van der Waals surface area contributed by atoms with Crippen LogP contribution in [0.5, 0.6) is 0 Å². The Labute approximate surface area is 187 Å². The lowest BCUT2D eigenvalue weighted by Crippen LogP contribution is -2.43. The zero-order chi connectivity index (χ0) is 22.7. The molecule has 4 nitrogen and oxygen atoms in total. The van der Waals surface area contributed by atoms with Gasteiger partial charge < -0.3 is 10.1 Å². The minimum absolute atomic E-state index is 0.259. The lowest BCUT2D eigenvalue weighted by atomic mass is 9.85. The number of halogens is 5. The van der Waals surface area contributed by atoms with Crippen molar-refractivity contribution in [3.8, 4) is 5.69 Å². The van der Waals surface area contributed by atoms with E-state index in [0.29, 0.717) is 26.6 Å². The molecule has 0 radical (unpaired) electrons. The van der Waals surface area contributed by atoms with E-state index >= 15 is 0 Å². The van der Waals surface area contributed by atoms with Crippen LogP contribution in [0, 0.1) is 5.82 Å². The van der Waals surface area contributed by atoms with E-state index in [1.165, 1.54) is 65.6 Å². The number of aromatic nitrogens is 3. The van der Waals surface area contributed by atoms with Crippen molar-refractivity contribution in [2.24, 2.45) is 0 Å². The molecule has 0 saturated carbocycles. The molecule has 0 amide bonds. The second-order valence-corrected chi connectivity index (χ2v) is 8.32. The van der Waals surface area contributed by atoms with E-state index < -0.39 is 17.6 Å². The predicted octanol–water partition coefficient (Wildman–Crippen LogP) is 6.21. The summed E-state index contributed by atoms with van der Waals surface area (Å²) in [7, 11) is 0. The summed E-state index contributed by atoms with van der Waals surface area (Å²) in [6.07, 6.45) is -2.40. The van der Waals surface area contributed by atoms with Gasteiger partial charge in [0.25, 0.3) is 0 Å². The van der Waals surface area contributed by atoms with E-state index in [9.17, 15) is 22.7 Å². The van der Waals surface area contributed by atoms with Gasteiger partial charge in [-0.3, -0.25) is 0 Å². The maximum Gasteiger partial charge on any atom is 0.425 e. The molecule has 0 aliphatic rings. The van der Waals surface area contributed by atoms with Crippen LogP contribution in [0.25, 0.3) is 27.5 Å². The van der Waals surface area contributed by atoms with Crippen molar-refractivity contribution >= 4 is 37.7 Å². The third-order valence-corrected chi connectivity index (χ3v) is 5.99. The Hall–Kier alpha value is -3.17. The van der Waals surface area contributed by atoms with E-state index in [0.717, 1.165) is 0 Å². The quantitative estimate of drug-likeness (QED) is 0.287. The van der Waals surface area contributed by atoms with Crippen molar-refractivity contribution < 1.29 is 22.7 Å². The molecule has 0 aliphatic carbocycles. The number of H-pyrrole nitrogens is 1. The van der Waals surface area contributed by atoms with Crippen molar-refractivity contribution in [1.82, 2.24) is 14.8 Å². The summed E-state index contributed by atoms with van der Waals surface area (Å²) >= 11 is 3.29. The Balaban J connectivity index is 1.69. The number of aromatic amines is 1. The monoisotopic (exact) mass is 503 g/mol. The van der Waals surface area contributed by atoms with Gasteiger partial charge in [0.05, 0.1) is 17.4 Å². The summed E-state index contributed by atoms with van der Waals surface area (Å²) in [6, 6.07) is 14.3. The van der Waals surface area contributed by atoms with Crippen molar-refractivity contribution in [3.05, 3.63) is 94.5 Å². The normalized spacial score (nSPS) is 14.2. The van der Waals surface area contributed by atoms with Gasteiger partial charge in [0, 0.05) is 32.5 Å². The van der Waals surface area contributed by atoms with Crippen LogP contribution in [0.4, 0.5) is 17.6 Å². The van der Waals surface area contributed by atoms with Gasteiger partial charge in [0.15, 0.2) is 0 Å². The first kappa shape index (κ1) is 20.7. The Morgan fingerprint density at radius 1 is 0.969 bits per heavy atom. The van der Waals surface area contributed by atoms with E-state index in [1.807, 2.05) is 0 Å². The highest BCUT2D eigenvalue weighted by Crippen LogP contribution is 2.47. The largest absolute Gasteiger partial charge is 0.425 e. The predicted molar refractivity (Wildman–Crippen MR) is 116 cm³/mol. The SMILES string of the molecule is OC(c1ccc2c(cnn2-c2ccc(F)cc2)c1)(c1c[nH]c2cc(Br)ccc12)C(F)(F)F. The molecular weight excluding hydrogens is 490 g/mol. The second kappa shape index (κ2) is 7.18. The maximum absolute atomic E-state index is 14.3. The highest BCUT2D eigenvalue weighted by Gasteiger charge is 2.57. The van der Waals surface area contributed by atoms with Crippen molar-refractivity contribution in [2.45, 2.75) is 11.8 Å². The molecule has 5 rings (SSSR count). The topological polar surface area (TPSA) is 53.8 Å². The highest BCUT2D eigenvalue weighted by atomic mass is 79.9. The molecule has 32 heavy (non-hydrogen) atoms.